The van der Waals surface area contributed by atoms with Crippen LogP contribution in [-0.2, 0) is 11.8 Å². The second kappa shape index (κ2) is 7.67. The van der Waals surface area contributed by atoms with Gasteiger partial charge in [0.15, 0.2) is 5.69 Å². The molecule has 0 atom stereocenters. The Hall–Kier alpha value is -3.42. The summed E-state index contributed by atoms with van der Waals surface area (Å²) in [5.41, 5.74) is 9.29. The van der Waals surface area contributed by atoms with Gasteiger partial charge in [0.25, 0.3) is 5.91 Å². The van der Waals surface area contributed by atoms with Crippen molar-refractivity contribution in [2.45, 2.75) is 32.1 Å². The fourth-order valence-corrected chi connectivity index (χ4v) is 3.50. The highest BCUT2D eigenvalue weighted by atomic mass is 16.5. The Bertz CT molecular complexity index is 954. The number of benzene rings is 1. The molecule has 0 radical (unpaired) electrons. The molecule has 4 N–H and O–H groups in total. The van der Waals surface area contributed by atoms with E-state index in [0.29, 0.717) is 17.8 Å². The van der Waals surface area contributed by atoms with Crippen LogP contribution in [0.1, 0.15) is 42.0 Å². The number of guanidine groups is 1. The number of amides is 1. The summed E-state index contributed by atoms with van der Waals surface area (Å²) in [5.74, 6) is 0.604. The Morgan fingerprint density at radius 2 is 2.11 bits per heavy atom. The van der Waals surface area contributed by atoms with Crippen LogP contribution in [-0.4, -0.2) is 35.9 Å². The molecule has 28 heavy (non-hydrogen) atoms. The SMILES string of the molecule is C=N/C(N)=N\C=C1/Cc2[nH]nc(C(=O)Nc3ccc(OC)cc3)c2C(C)(C)C1. The Kier molecular flexibility index (Phi) is 5.30. The molecule has 0 bridgehead atoms. The molecule has 3 rings (SSSR count). The lowest BCUT2D eigenvalue weighted by molar-refractivity contribution is 0.102. The van der Waals surface area contributed by atoms with E-state index in [1.54, 1.807) is 37.6 Å². The van der Waals surface area contributed by atoms with E-state index in [4.69, 9.17) is 10.5 Å². The van der Waals surface area contributed by atoms with Gasteiger partial charge < -0.3 is 15.8 Å². The third-order valence-corrected chi connectivity index (χ3v) is 4.70. The molecule has 0 saturated heterocycles. The van der Waals surface area contributed by atoms with Gasteiger partial charge in [0.1, 0.15) is 5.75 Å². The number of rotatable bonds is 4. The highest BCUT2D eigenvalue weighted by Crippen LogP contribution is 2.40. The number of aromatic nitrogens is 2. The number of hydrogen-bond donors (Lipinski definition) is 3. The molecule has 0 aliphatic heterocycles. The first kappa shape index (κ1) is 19.3. The van der Waals surface area contributed by atoms with Crippen molar-refractivity contribution in [2.24, 2.45) is 15.7 Å². The summed E-state index contributed by atoms with van der Waals surface area (Å²) in [6, 6.07) is 7.16. The summed E-state index contributed by atoms with van der Waals surface area (Å²) in [5, 5.41) is 10.2. The molecule has 1 heterocycles. The van der Waals surface area contributed by atoms with E-state index in [2.05, 4.69) is 46.1 Å². The third kappa shape index (κ3) is 3.95. The smallest absolute Gasteiger partial charge is 0.276 e. The topological polar surface area (TPSA) is 118 Å². The van der Waals surface area contributed by atoms with Crippen LogP contribution in [0.15, 0.2) is 46.0 Å². The van der Waals surface area contributed by atoms with Crippen LogP contribution in [0, 0.1) is 0 Å². The Balaban J connectivity index is 1.85. The number of fused-ring (bicyclic) bond motifs is 1. The lowest BCUT2D eigenvalue weighted by Gasteiger charge is -2.31. The number of H-pyrrole nitrogens is 1. The average molecular weight is 380 g/mol. The minimum Gasteiger partial charge on any atom is -0.497 e. The van der Waals surface area contributed by atoms with Crippen molar-refractivity contribution in [3.8, 4) is 5.75 Å². The van der Waals surface area contributed by atoms with E-state index in [0.717, 1.165) is 29.0 Å². The zero-order valence-corrected chi connectivity index (χ0v) is 16.2. The van der Waals surface area contributed by atoms with Crippen molar-refractivity contribution in [2.75, 3.05) is 12.4 Å². The fourth-order valence-electron chi connectivity index (χ4n) is 3.50. The summed E-state index contributed by atoms with van der Waals surface area (Å²) >= 11 is 0. The number of nitrogens with one attached hydrogen (secondary N) is 2. The lowest BCUT2D eigenvalue weighted by atomic mass is 9.72. The van der Waals surface area contributed by atoms with Crippen molar-refractivity contribution in [1.29, 1.82) is 0 Å². The molecule has 0 spiro atoms. The number of nitrogens with two attached hydrogens (primary N) is 1. The molecule has 8 nitrogen and oxygen atoms in total. The van der Waals surface area contributed by atoms with Crippen molar-refractivity contribution >= 4 is 24.3 Å². The third-order valence-electron chi connectivity index (χ3n) is 4.70. The monoisotopic (exact) mass is 380 g/mol. The summed E-state index contributed by atoms with van der Waals surface area (Å²) in [4.78, 5) is 20.5. The molecule has 146 valence electrons. The number of aromatic amines is 1. The van der Waals surface area contributed by atoms with Gasteiger partial charge >= 0.3 is 0 Å². The summed E-state index contributed by atoms with van der Waals surface area (Å²) < 4.78 is 5.14. The van der Waals surface area contributed by atoms with Gasteiger partial charge in [-0.3, -0.25) is 9.89 Å². The molecule has 1 aromatic heterocycles. The highest BCUT2D eigenvalue weighted by molar-refractivity contribution is 6.04. The average Bonchev–Trinajstić information content (AvgIpc) is 3.11. The quantitative estimate of drug-likeness (QED) is 0.558. The number of allylic oxidation sites excluding steroid dienone is 1. The van der Waals surface area contributed by atoms with E-state index in [-0.39, 0.29) is 17.3 Å². The standard InChI is InChI=1S/C20H24N6O2/c1-20(2)10-12(11-23-19(21)22-3)9-15-16(20)17(26-25-15)18(27)24-13-5-7-14(28-4)8-6-13/h5-8,11H,3,9-10H2,1-2,4H3,(H2,21,23)(H,24,27)(H,25,26)/b12-11+. The van der Waals surface area contributed by atoms with Gasteiger partial charge in [-0.25, -0.2) is 9.98 Å². The number of aliphatic imine (C=N–C) groups is 2. The van der Waals surface area contributed by atoms with Crippen LogP contribution >= 0.6 is 0 Å². The molecular formula is C20H24N6O2. The zero-order chi connectivity index (χ0) is 20.3. The van der Waals surface area contributed by atoms with Gasteiger partial charge in [-0.2, -0.15) is 5.10 Å². The Morgan fingerprint density at radius 3 is 2.75 bits per heavy atom. The minimum absolute atomic E-state index is 0.125. The number of nitrogens with zero attached hydrogens (tertiary/aromatic N) is 3. The largest absolute Gasteiger partial charge is 0.497 e. The van der Waals surface area contributed by atoms with Crippen molar-refractivity contribution in [3.63, 3.8) is 0 Å². The fraction of sp³-hybridized carbons (Fsp3) is 0.300. The molecular weight excluding hydrogens is 356 g/mol. The van der Waals surface area contributed by atoms with Gasteiger partial charge in [-0.1, -0.05) is 13.8 Å². The number of methoxy groups -OCH3 is 1. The second-order valence-corrected chi connectivity index (χ2v) is 7.28. The van der Waals surface area contributed by atoms with E-state index < -0.39 is 0 Å². The molecule has 0 unspecified atom stereocenters. The maximum absolute atomic E-state index is 12.8. The molecule has 1 aliphatic rings. The van der Waals surface area contributed by atoms with E-state index in [9.17, 15) is 4.79 Å². The van der Waals surface area contributed by atoms with E-state index >= 15 is 0 Å². The molecule has 0 saturated carbocycles. The number of anilines is 1. The minimum atomic E-state index is -0.287. The maximum atomic E-state index is 12.8. The molecule has 2 aromatic rings. The number of carbonyl (C=O) groups is 1. The molecule has 1 amide bonds. The Labute approximate surface area is 163 Å². The maximum Gasteiger partial charge on any atom is 0.276 e. The first-order valence-corrected chi connectivity index (χ1v) is 8.85. The van der Waals surface area contributed by atoms with E-state index in [1.807, 2.05) is 0 Å². The predicted molar refractivity (Wildman–Crippen MR) is 110 cm³/mol. The van der Waals surface area contributed by atoms with Crippen LogP contribution in [0.25, 0.3) is 0 Å². The molecule has 0 fully saturated rings. The molecule has 8 heteroatoms. The van der Waals surface area contributed by atoms with Crippen LogP contribution in [0.5, 0.6) is 5.75 Å². The van der Waals surface area contributed by atoms with Gasteiger partial charge in [0.2, 0.25) is 5.96 Å². The summed E-state index contributed by atoms with van der Waals surface area (Å²) in [6.45, 7) is 7.51. The number of hydrogen-bond acceptors (Lipinski definition) is 4. The van der Waals surface area contributed by atoms with Crippen LogP contribution in [0.3, 0.4) is 0 Å². The van der Waals surface area contributed by atoms with E-state index in [1.165, 1.54) is 0 Å². The number of carbonyl (C=O) groups excluding carboxylic acids is 1. The van der Waals surface area contributed by atoms with Crippen molar-refractivity contribution in [3.05, 3.63) is 53.0 Å². The Morgan fingerprint density at radius 1 is 1.39 bits per heavy atom. The normalized spacial score (nSPS) is 17.1. The van der Waals surface area contributed by atoms with Crippen molar-refractivity contribution in [1.82, 2.24) is 10.2 Å². The lowest BCUT2D eigenvalue weighted by Crippen LogP contribution is -2.28. The molecule has 1 aromatic carbocycles. The first-order chi connectivity index (χ1) is 13.3. The van der Waals surface area contributed by atoms with Crippen LogP contribution in [0.2, 0.25) is 0 Å². The number of ether oxygens (including phenoxy) is 1. The van der Waals surface area contributed by atoms with Gasteiger partial charge in [-0.05, 0) is 48.4 Å². The van der Waals surface area contributed by atoms with Gasteiger partial charge in [0.05, 0.1) is 7.11 Å². The summed E-state index contributed by atoms with van der Waals surface area (Å²) in [6.07, 6.45) is 3.07. The molecule has 1 aliphatic carbocycles. The van der Waals surface area contributed by atoms with Gasteiger partial charge in [0, 0.05) is 29.6 Å². The highest BCUT2D eigenvalue weighted by Gasteiger charge is 2.36. The van der Waals surface area contributed by atoms with Gasteiger partial charge in [-0.15, -0.1) is 0 Å². The van der Waals surface area contributed by atoms with Crippen LogP contribution < -0.4 is 15.8 Å². The zero-order valence-electron chi connectivity index (χ0n) is 16.2. The second-order valence-electron chi connectivity index (χ2n) is 7.28. The predicted octanol–water partition coefficient (Wildman–Crippen LogP) is 2.79. The summed E-state index contributed by atoms with van der Waals surface area (Å²) in [7, 11) is 1.60. The first-order valence-electron chi connectivity index (χ1n) is 8.85. The van der Waals surface area contributed by atoms with Crippen LogP contribution in [0.4, 0.5) is 5.69 Å². The van der Waals surface area contributed by atoms with Crippen molar-refractivity contribution < 1.29 is 9.53 Å².